The number of cyclic esters (lactones) is 1. The minimum Gasteiger partial charge on any atom is -0.486 e. The van der Waals surface area contributed by atoms with Crippen LogP contribution < -0.4 is 10.5 Å². The molecule has 2 aromatic carbocycles. The molecule has 1 saturated heterocycles. The zero-order valence-electron chi connectivity index (χ0n) is 15.5. The number of para-hydroxylation sites is 1. The number of esters is 1. The van der Waals surface area contributed by atoms with Gasteiger partial charge in [0, 0.05) is 5.92 Å². The minimum atomic E-state index is -0.602. The van der Waals surface area contributed by atoms with Crippen LogP contribution in [-0.4, -0.2) is 24.2 Å². The van der Waals surface area contributed by atoms with Gasteiger partial charge in [-0.25, -0.2) is 4.39 Å². The Kier molecular flexibility index (Phi) is 6.45. The van der Waals surface area contributed by atoms with Crippen molar-refractivity contribution in [2.75, 3.05) is 0 Å². The number of rotatable bonds is 4. The van der Waals surface area contributed by atoms with Gasteiger partial charge in [-0.15, -0.1) is 0 Å². The lowest BCUT2D eigenvalue weighted by atomic mass is 9.87. The van der Waals surface area contributed by atoms with Crippen LogP contribution in [0.5, 0.6) is 5.75 Å². The fourth-order valence-electron chi connectivity index (χ4n) is 3.59. The van der Waals surface area contributed by atoms with Crippen LogP contribution in [0.25, 0.3) is 0 Å². The molecule has 0 bridgehead atoms. The Bertz CT molecular complexity index is 735. The number of ether oxygens (including phenoxy) is 2. The molecule has 27 heavy (non-hydrogen) atoms. The summed E-state index contributed by atoms with van der Waals surface area (Å²) in [7, 11) is 0. The predicted molar refractivity (Wildman–Crippen MR) is 102 cm³/mol. The Hall–Kier alpha value is -2.40. The molecule has 1 fully saturated rings. The van der Waals surface area contributed by atoms with Gasteiger partial charge in [0.15, 0.2) is 0 Å². The van der Waals surface area contributed by atoms with Crippen LogP contribution >= 0.6 is 0 Å². The fraction of sp³-hybridized carbons (Fsp3) is 0.409. The van der Waals surface area contributed by atoms with E-state index in [9.17, 15) is 9.18 Å². The lowest BCUT2D eigenvalue weighted by molar-refractivity contribution is -0.155. The monoisotopic (exact) mass is 371 g/mol. The van der Waals surface area contributed by atoms with Gasteiger partial charge in [0.1, 0.15) is 29.8 Å². The number of nitrogens with two attached hydrogens (primary N) is 1. The number of benzene rings is 2. The van der Waals surface area contributed by atoms with Gasteiger partial charge in [0.2, 0.25) is 0 Å². The summed E-state index contributed by atoms with van der Waals surface area (Å²) < 4.78 is 25.1. The molecule has 4 nitrogen and oxygen atoms in total. The van der Waals surface area contributed by atoms with Gasteiger partial charge in [-0.3, -0.25) is 4.79 Å². The van der Waals surface area contributed by atoms with Crippen LogP contribution in [0.3, 0.4) is 0 Å². The van der Waals surface area contributed by atoms with Crippen molar-refractivity contribution in [3.63, 3.8) is 0 Å². The van der Waals surface area contributed by atoms with Crippen LogP contribution in [0.15, 0.2) is 54.6 Å². The second kappa shape index (κ2) is 9.00. The van der Waals surface area contributed by atoms with Crippen molar-refractivity contribution in [1.29, 1.82) is 0 Å². The van der Waals surface area contributed by atoms with Gasteiger partial charge < -0.3 is 15.2 Å². The van der Waals surface area contributed by atoms with Crippen LogP contribution in [0.1, 0.15) is 31.7 Å². The maximum atomic E-state index is 13.3. The van der Waals surface area contributed by atoms with E-state index in [2.05, 4.69) is 0 Å². The maximum absolute atomic E-state index is 13.3. The lowest BCUT2D eigenvalue weighted by Gasteiger charge is -2.31. The Balaban J connectivity index is 1.85. The normalized spacial score (nSPS) is 26.4. The van der Waals surface area contributed by atoms with E-state index >= 15 is 0 Å². The molecule has 4 atom stereocenters. The summed E-state index contributed by atoms with van der Waals surface area (Å²) in [5, 5.41) is 0. The summed E-state index contributed by atoms with van der Waals surface area (Å²) in [5.74, 6) is 0.215. The SMILES string of the molecule is CC1OC(=O)C(N)CCCC(Cc2ccc(F)cc2)C1Oc1ccccc1. The van der Waals surface area contributed by atoms with E-state index in [1.165, 1.54) is 12.1 Å². The standard InChI is InChI=1S/C22H26FNO3/c1-15-21(27-19-7-3-2-4-8-19)17(6-5-9-20(24)22(25)26-15)14-16-10-12-18(23)13-11-16/h2-4,7-8,10-13,15,17,20-21H,5-6,9,14,24H2,1H3. The van der Waals surface area contributed by atoms with Crippen molar-refractivity contribution >= 4 is 5.97 Å². The second-order valence-corrected chi connectivity index (χ2v) is 7.17. The highest BCUT2D eigenvalue weighted by Crippen LogP contribution is 2.28. The third kappa shape index (κ3) is 5.30. The average molecular weight is 371 g/mol. The van der Waals surface area contributed by atoms with Crippen LogP contribution in [0.2, 0.25) is 0 Å². The van der Waals surface area contributed by atoms with E-state index in [-0.39, 0.29) is 23.8 Å². The van der Waals surface area contributed by atoms with Crippen molar-refractivity contribution in [2.45, 2.75) is 50.9 Å². The largest absolute Gasteiger partial charge is 0.486 e. The van der Waals surface area contributed by atoms with Gasteiger partial charge in [0.25, 0.3) is 0 Å². The summed E-state index contributed by atoms with van der Waals surface area (Å²) in [6.45, 7) is 1.85. The molecule has 0 saturated carbocycles. The third-order valence-corrected chi connectivity index (χ3v) is 5.05. The fourth-order valence-corrected chi connectivity index (χ4v) is 3.59. The average Bonchev–Trinajstić information content (AvgIpc) is 2.71. The van der Waals surface area contributed by atoms with E-state index in [0.717, 1.165) is 30.6 Å². The molecule has 0 aliphatic carbocycles. The molecule has 0 amide bonds. The molecule has 0 spiro atoms. The highest BCUT2D eigenvalue weighted by molar-refractivity contribution is 5.75. The summed E-state index contributed by atoms with van der Waals surface area (Å²) in [5.41, 5.74) is 6.97. The topological polar surface area (TPSA) is 61.5 Å². The molecule has 1 aliphatic rings. The highest BCUT2D eigenvalue weighted by atomic mass is 19.1. The van der Waals surface area contributed by atoms with Gasteiger partial charge in [0.05, 0.1) is 0 Å². The van der Waals surface area contributed by atoms with E-state index in [4.69, 9.17) is 15.2 Å². The first-order valence-corrected chi connectivity index (χ1v) is 9.45. The quantitative estimate of drug-likeness (QED) is 0.829. The molecule has 1 aliphatic heterocycles. The number of hydrogen-bond acceptors (Lipinski definition) is 4. The van der Waals surface area contributed by atoms with Crippen molar-refractivity contribution in [2.24, 2.45) is 11.7 Å². The zero-order chi connectivity index (χ0) is 19.2. The predicted octanol–water partition coefficient (Wildman–Crippen LogP) is 3.87. The summed E-state index contributed by atoms with van der Waals surface area (Å²) in [6.07, 6.45) is 2.21. The van der Waals surface area contributed by atoms with Crippen molar-refractivity contribution < 1.29 is 18.7 Å². The summed E-state index contributed by atoms with van der Waals surface area (Å²) in [6, 6.07) is 15.5. The van der Waals surface area contributed by atoms with Crippen molar-refractivity contribution in [3.8, 4) is 5.75 Å². The molecule has 144 valence electrons. The van der Waals surface area contributed by atoms with E-state index in [0.29, 0.717) is 6.42 Å². The van der Waals surface area contributed by atoms with Crippen molar-refractivity contribution in [1.82, 2.24) is 0 Å². The minimum absolute atomic E-state index is 0.115. The maximum Gasteiger partial charge on any atom is 0.323 e. The van der Waals surface area contributed by atoms with Gasteiger partial charge in [-0.2, -0.15) is 0 Å². The molecule has 1 heterocycles. The van der Waals surface area contributed by atoms with Crippen LogP contribution in [0, 0.1) is 11.7 Å². The lowest BCUT2D eigenvalue weighted by Crippen LogP contribution is -2.42. The van der Waals surface area contributed by atoms with E-state index in [1.54, 1.807) is 12.1 Å². The first-order chi connectivity index (χ1) is 13.0. The second-order valence-electron chi connectivity index (χ2n) is 7.17. The Labute approximate surface area is 159 Å². The smallest absolute Gasteiger partial charge is 0.323 e. The highest BCUT2D eigenvalue weighted by Gasteiger charge is 2.34. The summed E-state index contributed by atoms with van der Waals surface area (Å²) in [4.78, 5) is 12.2. The zero-order valence-corrected chi connectivity index (χ0v) is 15.5. The first-order valence-electron chi connectivity index (χ1n) is 9.45. The van der Waals surface area contributed by atoms with E-state index in [1.807, 2.05) is 37.3 Å². The molecule has 0 aromatic heterocycles. The molecule has 2 aromatic rings. The van der Waals surface area contributed by atoms with Gasteiger partial charge in [-0.05, 0) is 56.0 Å². The first kappa shape index (κ1) is 19.4. The van der Waals surface area contributed by atoms with Crippen LogP contribution in [-0.2, 0) is 16.0 Å². The number of halogens is 1. The summed E-state index contributed by atoms with van der Waals surface area (Å²) >= 11 is 0. The Morgan fingerprint density at radius 2 is 1.81 bits per heavy atom. The molecule has 0 radical (unpaired) electrons. The molecule has 4 unspecified atom stereocenters. The van der Waals surface area contributed by atoms with Crippen molar-refractivity contribution in [3.05, 3.63) is 66.0 Å². The molecular formula is C22H26FNO3. The molecule has 3 rings (SSSR count). The third-order valence-electron chi connectivity index (χ3n) is 5.05. The Morgan fingerprint density at radius 1 is 1.11 bits per heavy atom. The van der Waals surface area contributed by atoms with Gasteiger partial charge in [-0.1, -0.05) is 36.8 Å². The van der Waals surface area contributed by atoms with Crippen LogP contribution in [0.4, 0.5) is 4.39 Å². The van der Waals surface area contributed by atoms with Gasteiger partial charge >= 0.3 is 5.97 Å². The molecular weight excluding hydrogens is 345 g/mol. The Morgan fingerprint density at radius 3 is 2.52 bits per heavy atom. The van der Waals surface area contributed by atoms with E-state index < -0.39 is 12.1 Å². The number of carbonyl (C=O) groups excluding carboxylic acids is 1. The molecule has 2 N–H and O–H groups in total. The number of hydrogen-bond donors (Lipinski definition) is 1. The molecule has 5 heteroatoms. The number of carbonyl (C=O) groups is 1.